The normalized spacial score (nSPS) is 25.8. The molecule has 2 aliphatic rings. The maximum Gasteiger partial charge on any atom is 0.408 e. The zero-order chi connectivity index (χ0) is 14.9. The van der Waals surface area contributed by atoms with Gasteiger partial charge in [0.1, 0.15) is 5.60 Å². The number of carbonyl (C=O) groups is 2. The molecule has 110 valence electrons. The summed E-state index contributed by atoms with van der Waals surface area (Å²) in [4.78, 5) is 25.0. The highest BCUT2D eigenvalue weighted by molar-refractivity contribution is 5.85. The first kappa shape index (κ1) is 14.6. The van der Waals surface area contributed by atoms with E-state index < -0.39 is 23.7 Å². The number of carboxylic acid groups (broad SMARTS) is 1. The fourth-order valence-corrected chi connectivity index (χ4v) is 2.72. The number of amides is 1. The monoisotopic (exact) mass is 279 g/mol. The van der Waals surface area contributed by atoms with Crippen LogP contribution in [0.5, 0.6) is 0 Å². The molecule has 5 nitrogen and oxygen atoms in total. The lowest BCUT2D eigenvalue weighted by Crippen LogP contribution is -2.53. The zero-order valence-corrected chi connectivity index (χ0v) is 12.1. The average molecular weight is 279 g/mol. The molecule has 1 amide bonds. The molecule has 0 aromatic rings. The van der Waals surface area contributed by atoms with Gasteiger partial charge in [-0.05, 0) is 45.1 Å². The Balaban J connectivity index is 2.30. The van der Waals surface area contributed by atoms with E-state index >= 15 is 0 Å². The number of fused-ring (bicyclic) bond motifs is 1. The third-order valence-corrected chi connectivity index (χ3v) is 3.54. The van der Waals surface area contributed by atoms with Crippen LogP contribution >= 0.6 is 0 Å². The van der Waals surface area contributed by atoms with E-state index in [0.717, 1.165) is 18.4 Å². The van der Waals surface area contributed by atoms with Gasteiger partial charge < -0.3 is 9.84 Å². The number of piperidine rings is 1. The van der Waals surface area contributed by atoms with Crippen LogP contribution in [0.4, 0.5) is 4.79 Å². The summed E-state index contributed by atoms with van der Waals surface area (Å²) in [6, 6.07) is -0.810. The van der Waals surface area contributed by atoms with Gasteiger partial charge in [0.05, 0.1) is 0 Å². The Morgan fingerprint density at radius 3 is 2.70 bits per heavy atom. The van der Waals surface area contributed by atoms with Gasteiger partial charge in [-0.15, -0.1) is 0 Å². The molecule has 2 unspecified atom stereocenters. The Bertz CT molecular complexity index is 473. The van der Waals surface area contributed by atoms with Gasteiger partial charge in [0.2, 0.25) is 0 Å². The molecule has 1 N–H and O–H groups in total. The number of hydrogen-bond acceptors (Lipinski definition) is 3. The second kappa shape index (κ2) is 5.31. The largest absolute Gasteiger partial charge is 0.465 e. The first-order valence-corrected chi connectivity index (χ1v) is 6.88. The number of likely N-dealkylation sites (tertiary alicyclic amines) is 1. The van der Waals surface area contributed by atoms with Crippen molar-refractivity contribution in [3.63, 3.8) is 0 Å². The minimum atomic E-state index is -1.07. The first-order valence-electron chi connectivity index (χ1n) is 6.88. The molecule has 1 aliphatic carbocycles. The van der Waals surface area contributed by atoms with Crippen molar-refractivity contribution in [2.45, 2.75) is 45.3 Å². The minimum Gasteiger partial charge on any atom is -0.465 e. The van der Waals surface area contributed by atoms with Crippen LogP contribution in [-0.2, 0) is 9.53 Å². The predicted molar refractivity (Wildman–Crippen MR) is 74.3 cm³/mol. The summed E-state index contributed by atoms with van der Waals surface area (Å²) in [5, 5.41) is 9.32. The summed E-state index contributed by atoms with van der Waals surface area (Å²) in [6.45, 7) is 5.72. The lowest BCUT2D eigenvalue weighted by molar-refractivity contribution is -0.160. The number of nitrogens with zero attached hydrogens (tertiary/aromatic N) is 1. The van der Waals surface area contributed by atoms with Crippen molar-refractivity contribution in [1.82, 2.24) is 4.90 Å². The van der Waals surface area contributed by atoms with Crippen LogP contribution in [-0.4, -0.2) is 40.3 Å². The van der Waals surface area contributed by atoms with Crippen LogP contribution in [0, 0.1) is 5.92 Å². The van der Waals surface area contributed by atoms with Crippen molar-refractivity contribution in [2.24, 2.45) is 5.92 Å². The zero-order valence-electron chi connectivity index (χ0n) is 12.1. The summed E-state index contributed by atoms with van der Waals surface area (Å²) in [6.07, 6.45) is 6.33. The topological polar surface area (TPSA) is 66.8 Å². The van der Waals surface area contributed by atoms with Gasteiger partial charge in [0.25, 0.3) is 0 Å². The van der Waals surface area contributed by atoms with Gasteiger partial charge in [0, 0.05) is 6.54 Å². The molecule has 5 heteroatoms. The fourth-order valence-electron chi connectivity index (χ4n) is 2.72. The summed E-state index contributed by atoms with van der Waals surface area (Å²) < 4.78 is 5.40. The number of hydrogen-bond donors (Lipinski definition) is 1. The number of ether oxygens (including phenoxy) is 1. The molecule has 1 saturated heterocycles. The van der Waals surface area contributed by atoms with E-state index in [-0.39, 0.29) is 5.92 Å². The molecule has 0 spiro atoms. The molecular weight excluding hydrogens is 258 g/mol. The molecular formula is C15H21NO4. The van der Waals surface area contributed by atoms with E-state index in [4.69, 9.17) is 4.74 Å². The van der Waals surface area contributed by atoms with Crippen LogP contribution in [0.25, 0.3) is 0 Å². The van der Waals surface area contributed by atoms with Crippen LogP contribution in [0.1, 0.15) is 33.6 Å². The van der Waals surface area contributed by atoms with Gasteiger partial charge in [-0.25, -0.2) is 9.59 Å². The molecule has 0 saturated carbocycles. The van der Waals surface area contributed by atoms with E-state index in [1.54, 1.807) is 20.8 Å². The molecule has 0 bridgehead atoms. The number of carbonyl (C=O) groups excluding carboxylic acids is 1. The van der Waals surface area contributed by atoms with Gasteiger partial charge in [0.15, 0.2) is 6.04 Å². The molecule has 20 heavy (non-hydrogen) atoms. The van der Waals surface area contributed by atoms with E-state index in [0.29, 0.717) is 6.54 Å². The van der Waals surface area contributed by atoms with E-state index in [2.05, 4.69) is 6.08 Å². The van der Waals surface area contributed by atoms with Crippen LogP contribution < -0.4 is 0 Å². The lowest BCUT2D eigenvalue weighted by Gasteiger charge is -2.40. The summed E-state index contributed by atoms with van der Waals surface area (Å²) in [5.74, 6) is -0.237. The Morgan fingerprint density at radius 2 is 2.10 bits per heavy atom. The smallest absolute Gasteiger partial charge is 0.408 e. The van der Waals surface area contributed by atoms with Crippen molar-refractivity contribution < 1.29 is 19.4 Å². The van der Waals surface area contributed by atoms with Crippen molar-refractivity contribution in [3.05, 3.63) is 23.8 Å². The second-order valence-electron chi connectivity index (χ2n) is 6.23. The van der Waals surface area contributed by atoms with Crippen molar-refractivity contribution in [2.75, 3.05) is 6.54 Å². The highest BCUT2D eigenvalue weighted by Gasteiger charge is 2.42. The third kappa shape index (κ3) is 3.03. The summed E-state index contributed by atoms with van der Waals surface area (Å²) >= 11 is 0. The average Bonchev–Trinajstić information content (AvgIpc) is 2.35. The molecule has 1 fully saturated rings. The highest BCUT2D eigenvalue weighted by Crippen LogP contribution is 2.34. The maximum atomic E-state index is 12.4. The standard InChI is InChI=1S/C15H21NO4/c1-15(2,3)20-13(17)12-11-7-5-4-6-10(11)8-9-16(12)14(18)19/h4-5,7,10,12H,6,8-9H2,1-3H3,(H,18,19). The molecule has 0 aromatic heterocycles. The van der Waals surface area contributed by atoms with E-state index in [9.17, 15) is 14.7 Å². The van der Waals surface area contributed by atoms with Gasteiger partial charge in [-0.1, -0.05) is 18.2 Å². The molecule has 2 atom stereocenters. The molecule has 2 rings (SSSR count). The Morgan fingerprint density at radius 1 is 1.40 bits per heavy atom. The SMILES string of the molecule is CC(C)(C)OC(=O)C1C2=CC=CCC2CCN1C(=O)O. The Kier molecular flexibility index (Phi) is 3.88. The lowest BCUT2D eigenvalue weighted by atomic mass is 9.80. The number of rotatable bonds is 1. The first-order chi connectivity index (χ1) is 9.29. The summed E-state index contributed by atoms with van der Waals surface area (Å²) in [5.41, 5.74) is 0.231. The van der Waals surface area contributed by atoms with Gasteiger partial charge in [-0.3, -0.25) is 4.90 Å². The van der Waals surface area contributed by atoms with Crippen molar-refractivity contribution >= 4 is 12.1 Å². The van der Waals surface area contributed by atoms with Crippen molar-refractivity contribution in [3.8, 4) is 0 Å². The van der Waals surface area contributed by atoms with Crippen LogP contribution in [0.15, 0.2) is 23.8 Å². The minimum absolute atomic E-state index is 0.244. The third-order valence-electron chi connectivity index (χ3n) is 3.54. The van der Waals surface area contributed by atoms with Crippen molar-refractivity contribution in [1.29, 1.82) is 0 Å². The van der Waals surface area contributed by atoms with Crippen LogP contribution in [0.2, 0.25) is 0 Å². The van der Waals surface area contributed by atoms with Gasteiger partial charge in [-0.2, -0.15) is 0 Å². The number of esters is 1. The Labute approximate surface area is 118 Å². The Hall–Kier alpha value is -1.78. The maximum absolute atomic E-state index is 12.4. The quantitative estimate of drug-likeness (QED) is 0.749. The highest BCUT2D eigenvalue weighted by atomic mass is 16.6. The summed E-state index contributed by atoms with van der Waals surface area (Å²) in [7, 11) is 0. The van der Waals surface area contributed by atoms with E-state index in [1.165, 1.54) is 4.90 Å². The van der Waals surface area contributed by atoms with Crippen LogP contribution in [0.3, 0.4) is 0 Å². The fraction of sp³-hybridized carbons (Fsp3) is 0.600. The second-order valence-corrected chi connectivity index (χ2v) is 6.23. The molecule has 0 radical (unpaired) electrons. The van der Waals surface area contributed by atoms with E-state index in [1.807, 2.05) is 12.2 Å². The molecule has 0 aromatic carbocycles. The van der Waals surface area contributed by atoms with Gasteiger partial charge >= 0.3 is 12.1 Å². The molecule has 1 aliphatic heterocycles. The number of allylic oxidation sites excluding steroid dienone is 3. The molecule has 1 heterocycles. The predicted octanol–water partition coefficient (Wildman–Crippen LogP) is 2.58.